The predicted octanol–water partition coefficient (Wildman–Crippen LogP) is 6.49. The number of hydrogen-bond acceptors (Lipinski definition) is 1. The highest BCUT2D eigenvalue weighted by Crippen LogP contribution is 2.63. The quantitative estimate of drug-likeness (QED) is 0.501. The average molecular weight is 386 g/mol. The summed E-state index contributed by atoms with van der Waals surface area (Å²) in [6.45, 7) is 17.0. The van der Waals surface area contributed by atoms with Gasteiger partial charge in [0.05, 0.1) is 11.1 Å². The molecule has 2 aliphatic rings. The van der Waals surface area contributed by atoms with Crippen molar-refractivity contribution in [3.63, 3.8) is 0 Å². The van der Waals surface area contributed by atoms with E-state index in [1.165, 1.54) is 22.3 Å². The first-order chi connectivity index (χ1) is 14.6. The van der Waals surface area contributed by atoms with Gasteiger partial charge in [-0.2, -0.15) is 5.10 Å². The fourth-order valence-corrected chi connectivity index (χ4v) is 5.06. The molecule has 1 aromatic heterocycles. The zero-order valence-electron chi connectivity index (χ0n) is 16.8. The van der Waals surface area contributed by atoms with Crippen molar-refractivity contribution < 1.29 is 0 Å². The molecule has 0 saturated heterocycles. The average Bonchev–Trinajstić information content (AvgIpc) is 3.46. The van der Waals surface area contributed by atoms with Crippen molar-refractivity contribution in [1.29, 1.82) is 0 Å². The molecule has 0 fully saturated rings. The molecule has 0 N–H and O–H groups in total. The van der Waals surface area contributed by atoms with Crippen molar-refractivity contribution in [3.05, 3.63) is 145 Å². The molecule has 0 atom stereocenters. The Hall–Kier alpha value is -3.91. The maximum atomic E-state index is 4.47. The second-order valence-electron chi connectivity index (χ2n) is 7.56. The molecule has 144 valence electrons. The topological polar surface area (TPSA) is 17.8 Å². The molecule has 0 unspecified atom stereocenters. The highest BCUT2D eigenvalue weighted by molar-refractivity contribution is 5.92. The Morgan fingerprint density at radius 1 is 0.900 bits per heavy atom. The Balaban J connectivity index is 1.90. The van der Waals surface area contributed by atoms with E-state index in [1.54, 1.807) is 10.9 Å². The van der Waals surface area contributed by atoms with Crippen LogP contribution < -0.4 is 0 Å². The van der Waals surface area contributed by atoms with Crippen LogP contribution in [0, 0.1) is 0 Å². The smallest absolute Gasteiger partial charge is 0.0725 e. The normalized spacial score (nSPS) is 17.3. The lowest BCUT2D eigenvalue weighted by Gasteiger charge is -2.32. The lowest BCUT2D eigenvalue weighted by atomic mass is 9.69. The van der Waals surface area contributed by atoms with Crippen molar-refractivity contribution in [2.75, 3.05) is 0 Å². The Bertz CT molecular complexity index is 1250. The largest absolute Gasteiger partial charge is 0.242 e. The van der Waals surface area contributed by atoms with Gasteiger partial charge in [-0.1, -0.05) is 87.0 Å². The molecule has 3 aromatic rings. The van der Waals surface area contributed by atoms with Crippen LogP contribution in [0.4, 0.5) is 0 Å². The van der Waals surface area contributed by atoms with E-state index in [0.29, 0.717) is 0 Å². The van der Waals surface area contributed by atoms with Gasteiger partial charge < -0.3 is 0 Å². The summed E-state index contributed by atoms with van der Waals surface area (Å²) in [7, 11) is 0. The van der Waals surface area contributed by atoms with E-state index >= 15 is 0 Å². The van der Waals surface area contributed by atoms with E-state index in [-0.39, 0.29) is 0 Å². The molecule has 0 radical (unpaired) electrons. The molecule has 2 aromatic carbocycles. The van der Waals surface area contributed by atoms with Gasteiger partial charge in [-0.3, -0.25) is 0 Å². The minimum Gasteiger partial charge on any atom is -0.242 e. The zero-order chi connectivity index (χ0) is 20.9. The molecule has 0 aliphatic heterocycles. The van der Waals surface area contributed by atoms with Gasteiger partial charge in [0.2, 0.25) is 0 Å². The van der Waals surface area contributed by atoms with Crippen molar-refractivity contribution in [1.82, 2.24) is 9.78 Å². The van der Waals surface area contributed by atoms with Crippen LogP contribution in [-0.2, 0) is 5.41 Å². The molecular formula is C28H22N2. The van der Waals surface area contributed by atoms with Crippen LogP contribution in [-0.4, -0.2) is 9.78 Å². The molecule has 2 aliphatic carbocycles. The summed E-state index contributed by atoms with van der Waals surface area (Å²) in [4.78, 5) is 0. The van der Waals surface area contributed by atoms with Gasteiger partial charge in [0.15, 0.2) is 0 Å². The number of aromatic nitrogens is 2. The van der Waals surface area contributed by atoms with E-state index in [1.807, 2.05) is 24.4 Å². The van der Waals surface area contributed by atoms with Gasteiger partial charge >= 0.3 is 0 Å². The summed E-state index contributed by atoms with van der Waals surface area (Å²) < 4.78 is 1.78. The minimum absolute atomic E-state index is 0.494. The molecule has 30 heavy (non-hydrogen) atoms. The minimum atomic E-state index is -0.494. The van der Waals surface area contributed by atoms with E-state index in [2.05, 4.69) is 86.0 Å². The van der Waals surface area contributed by atoms with Crippen LogP contribution in [0.3, 0.4) is 0 Å². The maximum absolute atomic E-state index is 4.47. The third-order valence-electron chi connectivity index (χ3n) is 6.22. The number of hydrogen-bond donors (Lipinski definition) is 0. The van der Waals surface area contributed by atoms with Gasteiger partial charge in [0, 0.05) is 12.4 Å². The predicted molar refractivity (Wildman–Crippen MR) is 125 cm³/mol. The molecule has 2 nitrogen and oxygen atoms in total. The van der Waals surface area contributed by atoms with Gasteiger partial charge in [-0.05, 0) is 56.7 Å². The highest BCUT2D eigenvalue weighted by atomic mass is 15.3. The molecule has 1 spiro atoms. The number of benzene rings is 2. The lowest BCUT2D eigenvalue weighted by Crippen LogP contribution is -2.27. The summed E-state index contributed by atoms with van der Waals surface area (Å²) in [6, 6.07) is 19.1. The standard InChI is InChI=1S/C28H22N2/c1-5-21-20(4)27(18-19(3)30-17-11-16-29-30)28(24(21)6-2)25-14-9-7-12-22(25)23-13-8-10-15-26(23)28/h5-18H,1-4H2/b27-18+. The SMILES string of the molecule is C=CC1=C(C=C)C2(/C(=C/C(=C)n3cccn3)C1=C)c1ccccc1-c1ccccc12. The molecular weight excluding hydrogens is 364 g/mol. The monoisotopic (exact) mass is 386 g/mol. The van der Waals surface area contributed by atoms with Crippen LogP contribution in [0.5, 0.6) is 0 Å². The first-order valence-electron chi connectivity index (χ1n) is 9.94. The van der Waals surface area contributed by atoms with E-state index in [9.17, 15) is 0 Å². The van der Waals surface area contributed by atoms with Crippen molar-refractivity contribution >= 4 is 5.70 Å². The Kier molecular flexibility index (Phi) is 3.97. The van der Waals surface area contributed by atoms with Gasteiger partial charge in [0.1, 0.15) is 0 Å². The van der Waals surface area contributed by atoms with Gasteiger partial charge in [-0.15, -0.1) is 0 Å². The summed E-state index contributed by atoms with van der Waals surface area (Å²) in [5.74, 6) is 0. The van der Waals surface area contributed by atoms with Gasteiger partial charge in [-0.25, -0.2) is 4.68 Å². The van der Waals surface area contributed by atoms with Crippen LogP contribution in [0.1, 0.15) is 11.1 Å². The fraction of sp³-hybridized carbons (Fsp3) is 0.0357. The molecule has 1 heterocycles. The Morgan fingerprint density at radius 3 is 2.07 bits per heavy atom. The Labute approximate surface area is 177 Å². The molecule has 5 rings (SSSR count). The fourth-order valence-electron chi connectivity index (χ4n) is 5.06. The molecule has 2 heteroatoms. The second-order valence-corrected chi connectivity index (χ2v) is 7.56. The Morgan fingerprint density at radius 2 is 1.53 bits per heavy atom. The number of rotatable bonds is 4. The summed E-state index contributed by atoms with van der Waals surface area (Å²) in [5.41, 5.74) is 9.40. The van der Waals surface area contributed by atoms with E-state index in [4.69, 9.17) is 0 Å². The summed E-state index contributed by atoms with van der Waals surface area (Å²) in [5, 5.41) is 4.35. The third-order valence-corrected chi connectivity index (χ3v) is 6.22. The third kappa shape index (κ3) is 2.16. The second kappa shape index (κ2) is 6.57. The van der Waals surface area contributed by atoms with Crippen molar-refractivity contribution in [3.8, 4) is 11.1 Å². The van der Waals surface area contributed by atoms with Crippen LogP contribution in [0.2, 0.25) is 0 Å². The summed E-state index contributed by atoms with van der Waals surface area (Å²) >= 11 is 0. The zero-order valence-corrected chi connectivity index (χ0v) is 16.8. The van der Waals surface area contributed by atoms with Crippen LogP contribution in [0.15, 0.2) is 134 Å². The number of fused-ring (bicyclic) bond motifs is 5. The van der Waals surface area contributed by atoms with Crippen LogP contribution in [0.25, 0.3) is 16.8 Å². The van der Waals surface area contributed by atoms with Crippen molar-refractivity contribution in [2.24, 2.45) is 0 Å². The number of allylic oxidation sites excluding steroid dienone is 8. The van der Waals surface area contributed by atoms with Crippen molar-refractivity contribution in [2.45, 2.75) is 5.41 Å². The molecule has 0 bridgehead atoms. The first-order valence-corrected chi connectivity index (χ1v) is 9.94. The maximum Gasteiger partial charge on any atom is 0.0725 e. The lowest BCUT2D eigenvalue weighted by molar-refractivity contribution is 0.781. The molecule has 0 amide bonds. The van der Waals surface area contributed by atoms with Crippen LogP contribution >= 0.6 is 0 Å². The van der Waals surface area contributed by atoms with E-state index in [0.717, 1.165) is 28.0 Å². The van der Waals surface area contributed by atoms with Gasteiger partial charge in [0.25, 0.3) is 0 Å². The first kappa shape index (κ1) is 18.1. The summed E-state index contributed by atoms with van der Waals surface area (Å²) in [6.07, 6.45) is 9.61. The highest BCUT2D eigenvalue weighted by Gasteiger charge is 2.52. The molecule has 0 saturated carbocycles. The number of nitrogens with zero attached hydrogens (tertiary/aromatic N) is 2. The van der Waals surface area contributed by atoms with E-state index < -0.39 is 5.41 Å².